The Labute approximate surface area is 209 Å². The molecule has 1 amide bonds. The third-order valence-electron chi connectivity index (χ3n) is 6.17. The fourth-order valence-electron chi connectivity index (χ4n) is 4.03. The highest BCUT2D eigenvalue weighted by molar-refractivity contribution is 6.04. The first-order valence-electron chi connectivity index (χ1n) is 11.4. The highest BCUT2D eigenvalue weighted by Crippen LogP contribution is 2.31. The summed E-state index contributed by atoms with van der Waals surface area (Å²) in [5, 5.41) is 6.32. The van der Waals surface area contributed by atoms with Gasteiger partial charge in [-0.15, -0.1) is 0 Å². The number of carbonyl (C=O) groups is 1. The Morgan fingerprint density at radius 2 is 1.92 bits per heavy atom. The van der Waals surface area contributed by atoms with Crippen LogP contribution in [0.2, 0.25) is 0 Å². The summed E-state index contributed by atoms with van der Waals surface area (Å²) in [7, 11) is 1.62. The van der Waals surface area contributed by atoms with Crippen molar-refractivity contribution < 1.29 is 22.7 Å². The number of alkyl halides is 3. The second-order valence-corrected chi connectivity index (χ2v) is 8.83. The number of ether oxygens (including phenoxy) is 1. The molecule has 1 fully saturated rings. The average Bonchev–Trinajstić information content (AvgIpc) is 2.84. The molecule has 0 aliphatic carbocycles. The van der Waals surface area contributed by atoms with E-state index in [1.54, 1.807) is 37.5 Å². The van der Waals surface area contributed by atoms with Crippen molar-refractivity contribution >= 4 is 28.4 Å². The fourth-order valence-corrected chi connectivity index (χ4v) is 4.03. The maximum atomic E-state index is 13.2. The lowest BCUT2D eigenvalue weighted by atomic mass is 10.0. The molecule has 37 heavy (non-hydrogen) atoms. The molecular formula is C26H22F3N5O3. The van der Waals surface area contributed by atoms with E-state index in [1.165, 1.54) is 16.7 Å². The monoisotopic (exact) mass is 509 g/mol. The van der Waals surface area contributed by atoms with Crippen molar-refractivity contribution in [3.05, 3.63) is 81.8 Å². The van der Waals surface area contributed by atoms with Gasteiger partial charge in [-0.1, -0.05) is 12.1 Å². The highest BCUT2D eigenvalue weighted by atomic mass is 19.4. The molecule has 1 saturated heterocycles. The zero-order valence-corrected chi connectivity index (χ0v) is 19.9. The van der Waals surface area contributed by atoms with Gasteiger partial charge in [0, 0.05) is 35.4 Å². The van der Waals surface area contributed by atoms with Gasteiger partial charge in [-0.05, 0) is 48.9 Å². The van der Waals surface area contributed by atoms with Gasteiger partial charge in [-0.25, -0.2) is 9.97 Å². The molecule has 0 spiro atoms. The van der Waals surface area contributed by atoms with Crippen LogP contribution in [0.3, 0.4) is 0 Å². The molecule has 190 valence electrons. The molecule has 0 saturated carbocycles. The SMILES string of the molecule is Cc1ccc(NC(=O)c2cccc(C(F)(F)F)c2)cc1-c1cc2cnc(NC3COC3)nc2c(=O)n1C. The number of nitrogens with zero attached hydrogens (tertiary/aromatic N) is 3. The molecule has 5 rings (SSSR count). The molecule has 3 heterocycles. The van der Waals surface area contributed by atoms with Gasteiger partial charge in [-0.3, -0.25) is 9.59 Å². The summed E-state index contributed by atoms with van der Waals surface area (Å²) in [4.78, 5) is 34.6. The topological polar surface area (TPSA) is 98.1 Å². The Balaban J connectivity index is 1.47. The van der Waals surface area contributed by atoms with E-state index in [2.05, 4.69) is 20.6 Å². The number of hydrogen-bond acceptors (Lipinski definition) is 6. The summed E-state index contributed by atoms with van der Waals surface area (Å²) in [5.74, 6) is -0.334. The molecule has 8 nitrogen and oxygen atoms in total. The number of rotatable bonds is 5. The molecule has 1 aliphatic heterocycles. The number of halogens is 3. The number of benzene rings is 2. The van der Waals surface area contributed by atoms with Crippen LogP contribution < -0.4 is 16.2 Å². The third kappa shape index (κ3) is 4.90. The van der Waals surface area contributed by atoms with Crippen LogP contribution in [0.25, 0.3) is 22.2 Å². The van der Waals surface area contributed by atoms with Crippen molar-refractivity contribution in [2.24, 2.45) is 7.05 Å². The van der Waals surface area contributed by atoms with Crippen molar-refractivity contribution in [1.82, 2.24) is 14.5 Å². The van der Waals surface area contributed by atoms with Crippen molar-refractivity contribution in [3.8, 4) is 11.3 Å². The highest BCUT2D eigenvalue weighted by Gasteiger charge is 2.31. The zero-order chi connectivity index (χ0) is 26.3. The summed E-state index contributed by atoms with van der Waals surface area (Å²) >= 11 is 0. The van der Waals surface area contributed by atoms with Crippen LogP contribution >= 0.6 is 0 Å². The number of anilines is 2. The van der Waals surface area contributed by atoms with E-state index < -0.39 is 17.6 Å². The summed E-state index contributed by atoms with van der Waals surface area (Å²) in [6.07, 6.45) is -2.98. The Morgan fingerprint density at radius 3 is 2.62 bits per heavy atom. The largest absolute Gasteiger partial charge is 0.416 e. The number of hydrogen-bond donors (Lipinski definition) is 2. The standard InChI is InChI=1S/C26H22F3N5O3/c1-14-6-7-18(31-23(35)15-4-3-5-17(8-15)26(27,28)29)10-20(14)21-9-16-11-30-25(32-19-12-37-13-19)33-22(16)24(36)34(21)2/h3-11,19H,12-13H2,1-2H3,(H,31,35)(H,30,32,33). The molecule has 2 aromatic heterocycles. The fraction of sp³-hybridized carbons (Fsp3) is 0.231. The zero-order valence-electron chi connectivity index (χ0n) is 19.9. The van der Waals surface area contributed by atoms with Crippen LogP contribution in [0.4, 0.5) is 24.8 Å². The summed E-state index contributed by atoms with van der Waals surface area (Å²) < 4.78 is 45.7. The number of nitrogens with one attached hydrogen (secondary N) is 2. The molecule has 0 unspecified atom stereocenters. The molecule has 2 aromatic carbocycles. The maximum absolute atomic E-state index is 13.2. The van der Waals surface area contributed by atoms with Gasteiger partial charge in [0.25, 0.3) is 11.5 Å². The second kappa shape index (κ2) is 9.32. The predicted molar refractivity (Wildman–Crippen MR) is 133 cm³/mol. The minimum Gasteiger partial charge on any atom is -0.377 e. The molecule has 0 bridgehead atoms. The summed E-state index contributed by atoms with van der Waals surface area (Å²) in [5.41, 5.74) is 1.35. The van der Waals surface area contributed by atoms with Crippen molar-refractivity contribution in [2.75, 3.05) is 23.8 Å². The predicted octanol–water partition coefficient (Wildman–Crippen LogP) is 4.39. The lowest BCUT2D eigenvalue weighted by molar-refractivity contribution is -0.137. The molecule has 11 heteroatoms. The molecule has 4 aromatic rings. The van der Waals surface area contributed by atoms with Crippen LogP contribution in [-0.4, -0.2) is 39.7 Å². The van der Waals surface area contributed by atoms with Gasteiger partial charge >= 0.3 is 6.18 Å². The smallest absolute Gasteiger partial charge is 0.377 e. The normalized spacial score (nSPS) is 13.9. The van der Waals surface area contributed by atoms with Gasteiger partial charge in [-0.2, -0.15) is 13.2 Å². The van der Waals surface area contributed by atoms with E-state index in [0.29, 0.717) is 41.5 Å². The van der Waals surface area contributed by atoms with Gasteiger partial charge in [0.15, 0.2) is 0 Å². The first-order chi connectivity index (χ1) is 17.6. The third-order valence-corrected chi connectivity index (χ3v) is 6.17. The second-order valence-electron chi connectivity index (χ2n) is 8.83. The van der Waals surface area contributed by atoms with Gasteiger partial charge in [0.2, 0.25) is 5.95 Å². The van der Waals surface area contributed by atoms with E-state index in [0.717, 1.165) is 17.7 Å². The Morgan fingerprint density at radius 1 is 1.14 bits per heavy atom. The van der Waals surface area contributed by atoms with E-state index >= 15 is 0 Å². The quantitative estimate of drug-likeness (QED) is 0.414. The lowest BCUT2D eigenvalue weighted by Crippen LogP contribution is -2.40. The van der Waals surface area contributed by atoms with Crippen LogP contribution in [0.1, 0.15) is 21.5 Å². The lowest BCUT2D eigenvalue weighted by Gasteiger charge is -2.26. The maximum Gasteiger partial charge on any atom is 0.416 e. The number of fused-ring (bicyclic) bond motifs is 1. The molecule has 0 atom stereocenters. The first kappa shape index (κ1) is 24.4. The molecular weight excluding hydrogens is 487 g/mol. The minimum atomic E-state index is -4.56. The number of amides is 1. The molecule has 1 aliphatic rings. The summed E-state index contributed by atoms with van der Waals surface area (Å²) in [6, 6.07) is 11.2. The van der Waals surface area contributed by atoms with Crippen LogP contribution in [0.5, 0.6) is 0 Å². The van der Waals surface area contributed by atoms with Crippen LogP contribution in [0, 0.1) is 6.92 Å². The number of pyridine rings is 1. The summed E-state index contributed by atoms with van der Waals surface area (Å²) in [6.45, 7) is 2.96. The van der Waals surface area contributed by atoms with E-state index in [-0.39, 0.29) is 22.7 Å². The average molecular weight is 509 g/mol. The first-order valence-corrected chi connectivity index (χ1v) is 11.4. The van der Waals surface area contributed by atoms with E-state index in [1.807, 2.05) is 6.92 Å². The van der Waals surface area contributed by atoms with Crippen molar-refractivity contribution in [2.45, 2.75) is 19.1 Å². The molecule has 0 radical (unpaired) electrons. The number of aryl methyl sites for hydroxylation is 1. The van der Waals surface area contributed by atoms with E-state index in [4.69, 9.17) is 4.74 Å². The van der Waals surface area contributed by atoms with Crippen LogP contribution in [-0.2, 0) is 18.0 Å². The van der Waals surface area contributed by atoms with Gasteiger partial charge in [0.05, 0.1) is 30.5 Å². The Bertz CT molecular complexity index is 1580. The molecule has 2 N–H and O–H groups in total. The Kier molecular flexibility index (Phi) is 6.16. The van der Waals surface area contributed by atoms with Gasteiger partial charge in [0.1, 0.15) is 5.52 Å². The minimum absolute atomic E-state index is 0.108. The number of carbonyl (C=O) groups excluding carboxylic acids is 1. The van der Waals surface area contributed by atoms with Crippen molar-refractivity contribution in [3.63, 3.8) is 0 Å². The Hall–Kier alpha value is -4.25. The van der Waals surface area contributed by atoms with E-state index in [9.17, 15) is 22.8 Å². The van der Waals surface area contributed by atoms with Crippen molar-refractivity contribution in [1.29, 1.82) is 0 Å². The van der Waals surface area contributed by atoms with Crippen LogP contribution in [0.15, 0.2) is 59.5 Å². The van der Waals surface area contributed by atoms with Gasteiger partial charge < -0.3 is 19.9 Å². The number of aromatic nitrogens is 3.